The molecule has 1 aromatic heterocycles. The Hall–Kier alpha value is -5.33. The number of rotatable bonds is 12. The third-order valence-corrected chi connectivity index (χ3v) is 11.2. The number of alkyl carbamates (subject to hydrolysis) is 1. The number of hydrogen-bond acceptors (Lipinski definition) is 8. The second-order valence-electron chi connectivity index (χ2n) is 15.5. The normalized spacial score (nSPS) is 23.4. The van der Waals surface area contributed by atoms with Crippen molar-refractivity contribution >= 4 is 30.0 Å². The van der Waals surface area contributed by atoms with E-state index < -0.39 is 18.2 Å². The molecule has 4 heterocycles. The summed E-state index contributed by atoms with van der Waals surface area (Å²) in [6, 6.07) is 15.3. The highest BCUT2D eigenvalue weighted by molar-refractivity contribution is 5.87. The lowest BCUT2D eigenvalue weighted by molar-refractivity contribution is -0.139. The summed E-state index contributed by atoms with van der Waals surface area (Å²) in [6.07, 6.45) is 7.01. The number of nitrogens with zero attached hydrogens (tertiary/aromatic N) is 3. The number of H-pyrrole nitrogens is 1. The Bertz CT molecular complexity index is 1840. The van der Waals surface area contributed by atoms with Gasteiger partial charge in [0.25, 0.3) is 0 Å². The zero-order chi connectivity index (χ0) is 38.7. The van der Waals surface area contributed by atoms with E-state index in [4.69, 9.17) is 9.72 Å². The molecule has 4 unspecified atom stereocenters. The highest BCUT2D eigenvalue weighted by atomic mass is 16.5. The molecule has 0 spiro atoms. The number of aromatic nitrogens is 2. The molecule has 3 aliphatic heterocycles. The van der Waals surface area contributed by atoms with E-state index in [1.165, 1.54) is 7.11 Å². The van der Waals surface area contributed by atoms with Crippen LogP contribution in [0.1, 0.15) is 84.7 Å². The van der Waals surface area contributed by atoms with Gasteiger partial charge in [-0.25, -0.2) is 9.78 Å². The van der Waals surface area contributed by atoms with Gasteiger partial charge in [0.1, 0.15) is 24.1 Å². The molecule has 13 nitrogen and oxygen atoms in total. The number of amides is 4. The molecule has 7 atom stereocenters. The van der Waals surface area contributed by atoms with Gasteiger partial charge in [-0.1, -0.05) is 76.2 Å². The number of nitrogens with one attached hydrogen (secondary N) is 5. The third kappa shape index (κ3) is 7.81. The Kier molecular flexibility index (Phi) is 11.6. The summed E-state index contributed by atoms with van der Waals surface area (Å²) in [5.41, 5.74) is 6.01. The summed E-state index contributed by atoms with van der Waals surface area (Å²) in [5.74, 6) is 0.447. The first-order valence-corrected chi connectivity index (χ1v) is 19.1. The van der Waals surface area contributed by atoms with Gasteiger partial charge in [0.2, 0.25) is 18.2 Å². The van der Waals surface area contributed by atoms with Crippen LogP contribution in [0.2, 0.25) is 0 Å². The lowest BCUT2D eigenvalue weighted by atomic mass is 10.0. The molecule has 6 rings (SSSR count). The molecule has 2 saturated heterocycles. The molecule has 0 radical (unpaired) electrons. The van der Waals surface area contributed by atoms with E-state index in [-0.39, 0.29) is 54.0 Å². The van der Waals surface area contributed by atoms with Gasteiger partial charge in [0, 0.05) is 18.3 Å². The fourth-order valence-electron chi connectivity index (χ4n) is 8.13. The third-order valence-electron chi connectivity index (χ3n) is 11.2. The first-order chi connectivity index (χ1) is 25.9. The van der Waals surface area contributed by atoms with Gasteiger partial charge in [-0.05, 0) is 73.6 Å². The van der Waals surface area contributed by atoms with Crippen molar-refractivity contribution in [3.05, 3.63) is 72.3 Å². The number of ether oxygens (including phenoxy) is 1. The summed E-state index contributed by atoms with van der Waals surface area (Å²) in [7, 11) is 1.30. The molecule has 0 bridgehead atoms. The van der Waals surface area contributed by atoms with Crippen molar-refractivity contribution in [2.24, 2.45) is 11.8 Å². The van der Waals surface area contributed by atoms with Crippen LogP contribution in [0, 0.1) is 11.8 Å². The minimum Gasteiger partial charge on any atom is -0.453 e. The number of imidazole rings is 1. The van der Waals surface area contributed by atoms with Crippen molar-refractivity contribution < 1.29 is 23.9 Å². The Morgan fingerprint density at radius 3 is 2.00 bits per heavy atom. The van der Waals surface area contributed by atoms with Crippen LogP contribution in [0.25, 0.3) is 28.1 Å². The van der Waals surface area contributed by atoms with Crippen LogP contribution in [-0.4, -0.2) is 87.6 Å². The molecule has 0 saturated carbocycles. The summed E-state index contributed by atoms with van der Waals surface area (Å²) < 4.78 is 4.79. The number of benzene rings is 2. The Labute approximate surface area is 317 Å². The van der Waals surface area contributed by atoms with Crippen molar-refractivity contribution in [3.63, 3.8) is 0 Å². The molecular weight excluding hydrogens is 685 g/mol. The molecule has 3 aromatic rings. The smallest absolute Gasteiger partial charge is 0.407 e. The molecule has 288 valence electrons. The van der Waals surface area contributed by atoms with E-state index in [9.17, 15) is 19.2 Å². The predicted octanol–water partition coefficient (Wildman–Crippen LogP) is 5.14. The highest BCUT2D eigenvalue weighted by Gasteiger charge is 2.44. The lowest BCUT2D eigenvalue weighted by Gasteiger charge is -2.36. The van der Waals surface area contributed by atoms with Gasteiger partial charge in [0.05, 0.1) is 36.8 Å². The van der Waals surface area contributed by atoms with E-state index >= 15 is 0 Å². The zero-order valence-electron chi connectivity index (χ0n) is 32.3. The second kappa shape index (κ2) is 16.4. The largest absolute Gasteiger partial charge is 0.453 e. The Balaban J connectivity index is 1.09. The SMILES string of the molecule is COC(=O)NC(C(=O)N1C(C2NC=C(c3ccc(-c4ccc(-c5cnc([C@@H]6CC[C@H](C)N6C(=O)C(NC=O)C(C)C)[nH]5)cc4)cc3)N2)CC[C@@H]1C)C(C)C. The van der Waals surface area contributed by atoms with Crippen LogP contribution in [-0.2, 0) is 19.1 Å². The Morgan fingerprint density at radius 2 is 1.39 bits per heavy atom. The highest BCUT2D eigenvalue weighted by Crippen LogP contribution is 2.37. The second-order valence-corrected chi connectivity index (χ2v) is 15.5. The summed E-state index contributed by atoms with van der Waals surface area (Å²) in [4.78, 5) is 62.5. The van der Waals surface area contributed by atoms with E-state index in [2.05, 4.69) is 81.7 Å². The first kappa shape index (κ1) is 38.4. The summed E-state index contributed by atoms with van der Waals surface area (Å²) in [6.45, 7) is 11.8. The Morgan fingerprint density at radius 1 is 0.815 bits per heavy atom. The molecule has 0 aliphatic carbocycles. The number of aromatic amines is 1. The first-order valence-electron chi connectivity index (χ1n) is 19.1. The van der Waals surface area contributed by atoms with Crippen molar-refractivity contribution in [3.8, 4) is 22.4 Å². The van der Waals surface area contributed by atoms with Gasteiger partial charge < -0.3 is 40.8 Å². The minimum atomic E-state index is -0.673. The van der Waals surface area contributed by atoms with Gasteiger partial charge in [-0.2, -0.15) is 0 Å². The zero-order valence-corrected chi connectivity index (χ0v) is 32.3. The maximum atomic E-state index is 13.8. The van der Waals surface area contributed by atoms with E-state index in [1.807, 2.05) is 56.8 Å². The molecular formula is C41H54N8O5. The molecule has 2 aromatic carbocycles. The van der Waals surface area contributed by atoms with Crippen LogP contribution in [0.15, 0.2) is 60.9 Å². The van der Waals surface area contributed by atoms with Crippen LogP contribution in [0.5, 0.6) is 0 Å². The number of likely N-dealkylation sites (tertiary alicyclic amines) is 2. The molecule has 54 heavy (non-hydrogen) atoms. The topological polar surface area (TPSA) is 161 Å². The fourth-order valence-corrected chi connectivity index (χ4v) is 8.13. The molecule has 3 aliphatic rings. The van der Waals surface area contributed by atoms with Crippen molar-refractivity contribution in [2.45, 2.75) is 110 Å². The van der Waals surface area contributed by atoms with Crippen LogP contribution in [0.4, 0.5) is 4.79 Å². The van der Waals surface area contributed by atoms with Gasteiger partial charge >= 0.3 is 6.09 Å². The maximum absolute atomic E-state index is 13.8. The van der Waals surface area contributed by atoms with E-state index in [0.717, 1.165) is 65.2 Å². The standard InChI is InChI=1S/C41H54N8O5/c1-23(2)35(44-22-50)39(51)48-25(5)8-18-33(48)37-42-20-31(45-37)29-14-10-27(11-15-29)28-12-16-30(17-13-28)32-21-43-38(46-32)34-19-9-26(6)49(34)40(52)36(24(3)4)47-41(53)54-7/h10-17,20-26,33-36,38,43,46H,8-9,18-19H2,1-7H3,(H,42,45)(H,44,50)(H,47,53)/t25-,26-,33-,34?,35?,36?,38?/m0/s1. The number of carbonyl (C=O) groups excluding carboxylic acids is 4. The number of methoxy groups -OCH3 is 1. The minimum absolute atomic E-state index is 0.0302. The van der Waals surface area contributed by atoms with Gasteiger partial charge in [0.15, 0.2) is 0 Å². The quantitative estimate of drug-likeness (QED) is 0.160. The fraction of sp³-hybridized carbons (Fsp3) is 0.488. The van der Waals surface area contributed by atoms with Gasteiger partial charge in [-0.15, -0.1) is 0 Å². The summed E-state index contributed by atoms with van der Waals surface area (Å²) in [5, 5.41) is 12.5. The summed E-state index contributed by atoms with van der Waals surface area (Å²) >= 11 is 0. The average molecular weight is 739 g/mol. The molecule has 5 N–H and O–H groups in total. The monoisotopic (exact) mass is 738 g/mol. The average Bonchev–Trinajstić information content (AvgIpc) is 3.99. The van der Waals surface area contributed by atoms with Crippen molar-refractivity contribution in [1.29, 1.82) is 0 Å². The van der Waals surface area contributed by atoms with Crippen LogP contribution in [0.3, 0.4) is 0 Å². The van der Waals surface area contributed by atoms with Crippen molar-refractivity contribution in [1.82, 2.24) is 41.0 Å². The molecule has 13 heteroatoms. The van der Waals surface area contributed by atoms with Crippen LogP contribution >= 0.6 is 0 Å². The van der Waals surface area contributed by atoms with Crippen LogP contribution < -0.4 is 21.3 Å². The molecule has 2 fully saturated rings. The number of carbonyl (C=O) groups is 4. The predicted molar refractivity (Wildman–Crippen MR) is 207 cm³/mol. The van der Waals surface area contributed by atoms with Crippen molar-refractivity contribution in [2.75, 3.05) is 7.11 Å². The lowest BCUT2D eigenvalue weighted by Crippen LogP contribution is -2.59. The number of hydrogen-bond donors (Lipinski definition) is 5. The molecule has 4 amide bonds. The van der Waals surface area contributed by atoms with E-state index in [1.54, 1.807) is 0 Å². The van der Waals surface area contributed by atoms with Gasteiger partial charge in [-0.3, -0.25) is 14.4 Å². The van der Waals surface area contributed by atoms with E-state index in [0.29, 0.717) is 6.41 Å². The maximum Gasteiger partial charge on any atom is 0.407 e.